The van der Waals surface area contributed by atoms with Crippen molar-refractivity contribution < 1.29 is 14.4 Å². The summed E-state index contributed by atoms with van der Waals surface area (Å²) in [5.41, 5.74) is 3.73. The number of nitrogens with one attached hydrogen (secondary N) is 2. The summed E-state index contributed by atoms with van der Waals surface area (Å²) >= 11 is 0. The normalized spacial score (nSPS) is 14.6. The molecule has 3 amide bonds. The molecule has 0 bridgehead atoms. The first-order chi connectivity index (χ1) is 12.8. The first-order valence-corrected chi connectivity index (χ1v) is 9.19. The van der Waals surface area contributed by atoms with Crippen molar-refractivity contribution in [1.82, 2.24) is 15.2 Å². The molecule has 0 saturated carbocycles. The molecule has 1 aliphatic heterocycles. The molecule has 1 aromatic heterocycles. The van der Waals surface area contributed by atoms with Gasteiger partial charge in [0.15, 0.2) is 0 Å². The van der Waals surface area contributed by atoms with E-state index in [0.29, 0.717) is 24.1 Å². The molecule has 3 rings (SSSR count). The van der Waals surface area contributed by atoms with E-state index in [1.165, 1.54) is 0 Å². The van der Waals surface area contributed by atoms with Gasteiger partial charge >= 0.3 is 0 Å². The minimum absolute atomic E-state index is 0.154. The van der Waals surface area contributed by atoms with Crippen molar-refractivity contribution in [3.63, 3.8) is 0 Å². The molecule has 2 aromatic rings. The second-order valence-corrected chi connectivity index (χ2v) is 7.49. The maximum absolute atomic E-state index is 12.9. The minimum Gasteiger partial charge on any atom is -0.362 e. The zero-order valence-electron chi connectivity index (χ0n) is 16.1. The Labute approximate surface area is 159 Å². The van der Waals surface area contributed by atoms with Gasteiger partial charge in [0, 0.05) is 17.9 Å². The van der Waals surface area contributed by atoms with E-state index in [-0.39, 0.29) is 11.8 Å². The number of benzene rings is 1. The summed E-state index contributed by atoms with van der Waals surface area (Å²) in [6.45, 7) is 8.20. The van der Waals surface area contributed by atoms with E-state index in [4.69, 9.17) is 0 Å². The van der Waals surface area contributed by atoms with Crippen LogP contribution in [-0.2, 0) is 11.3 Å². The van der Waals surface area contributed by atoms with Gasteiger partial charge in [-0.25, -0.2) is 0 Å². The molecular formula is C21H25N3O3. The van der Waals surface area contributed by atoms with E-state index >= 15 is 0 Å². The fourth-order valence-electron chi connectivity index (χ4n) is 3.53. The van der Waals surface area contributed by atoms with Crippen molar-refractivity contribution in [1.29, 1.82) is 0 Å². The monoisotopic (exact) mass is 367 g/mol. The Bertz CT molecular complexity index is 863. The van der Waals surface area contributed by atoms with Crippen LogP contribution in [0.25, 0.3) is 0 Å². The zero-order valence-corrected chi connectivity index (χ0v) is 16.1. The third-order valence-corrected chi connectivity index (χ3v) is 4.84. The number of fused-ring (bicyclic) bond motifs is 1. The number of H-pyrrole nitrogens is 1. The lowest BCUT2D eigenvalue weighted by molar-refractivity contribution is -0.125. The van der Waals surface area contributed by atoms with Crippen LogP contribution in [0.1, 0.15) is 57.9 Å². The average molecular weight is 367 g/mol. The molecule has 0 saturated heterocycles. The molecule has 1 atom stereocenters. The molecule has 0 fully saturated rings. The highest BCUT2D eigenvalue weighted by molar-refractivity contribution is 6.22. The van der Waals surface area contributed by atoms with E-state index in [1.807, 2.05) is 33.8 Å². The molecule has 142 valence electrons. The standard InChI is InChI=1S/C21H25N3O3/c1-12(2)9-18(19(25)22-11-15-10-13(3)23-14(15)4)24-20(26)16-7-5-6-8-17(16)21(24)27/h5-8,10,12,18,23H,9,11H2,1-4H3,(H,22,25). The Morgan fingerprint density at radius 3 is 2.19 bits per heavy atom. The van der Waals surface area contributed by atoms with Crippen molar-refractivity contribution in [2.75, 3.05) is 0 Å². The van der Waals surface area contributed by atoms with Crippen LogP contribution in [0.3, 0.4) is 0 Å². The van der Waals surface area contributed by atoms with Crippen LogP contribution in [0, 0.1) is 19.8 Å². The van der Waals surface area contributed by atoms with E-state index in [1.54, 1.807) is 24.3 Å². The molecule has 6 nitrogen and oxygen atoms in total. The molecule has 1 aromatic carbocycles. The number of hydrogen-bond acceptors (Lipinski definition) is 3. The molecule has 6 heteroatoms. The summed E-state index contributed by atoms with van der Waals surface area (Å²) in [4.78, 5) is 42.8. The number of amides is 3. The van der Waals surface area contributed by atoms with Gasteiger partial charge in [0.05, 0.1) is 11.1 Å². The zero-order chi connectivity index (χ0) is 19.7. The van der Waals surface area contributed by atoms with Crippen LogP contribution in [0.4, 0.5) is 0 Å². The van der Waals surface area contributed by atoms with Crippen LogP contribution in [0.5, 0.6) is 0 Å². The molecule has 27 heavy (non-hydrogen) atoms. The fraction of sp³-hybridized carbons (Fsp3) is 0.381. The number of imide groups is 1. The maximum Gasteiger partial charge on any atom is 0.262 e. The van der Waals surface area contributed by atoms with Gasteiger partial charge in [-0.1, -0.05) is 26.0 Å². The lowest BCUT2D eigenvalue weighted by atomic mass is 10.0. The van der Waals surface area contributed by atoms with Crippen LogP contribution in [-0.4, -0.2) is 33.6 Å². The Hall–Kier alpha value is -2.89. The fourth-order valence-corrected chi connectivity index (χ4v) is 3.53. The predicted molar refractivity (Wildman–Crippen MR) is 102 cm³/mol. The smallest absolute Gasteiger partial charge is 0.262 e. The third kappa shape index (κ3) is 3.65. The third-order valence-electron chi connectivity index (χ3n) is 4.84. The summed E-state index contributed by atoms with van der Waals surface area (Å²) in [6.07, 6.45) is 0.419. The van der Waals surface area contributed by atoms with Crippen LogP contribution >= 0.6 is 0 Å². The van der Waals surface area contributed by atoms with Crippen LogP contribution < -0.4 is 5.32 Å². The highest BCUT2D eigenvalue weighted by Gasteiger charge is 2.42. The summed E-state index contributed by atoms with van der Waals surface area (Å²) in [5, 5.41) is 2.90. The van der Waals surface area contributed by atoms with Crippen molar-refractivity contribution in [3.05, 3.63) is 58.4 Å². The highest BCUT2D eigenvalue weighted by atomic mass is 16.2. The number of hydrogen-bond donors (Lipinski definition) is 2. The van der Waals surface area contributed by atoms with Gasteiger partial charge in [0.25, 0.3) is 11.8 Å². The van der Waals surface area contributed by atoms with E-state index < -0.39 is 17.9 Å². The van der Waals surface area contributed by atoms with Gasteiger partial charge in [0.2, 0.25) is 5.91 Å². The maximum atomic E-state index is 12.9. The summed E-state index contributed by atoms with van der Waals surface area (Å²) in [6, 6.07) is 7.87. The van der Waals surface area contributed by atoms with Gasteiger partial charge in [-0.2, -0.15) is 0 Å². The quantitative estimate of drug-likeness (QED) is 0.770. The average Bonchev–Trinajstić information content (AvgIpc) is 3.07. The van der Waals surface area contributed by atoms with E-state index in [9.17, 15) is 14.4 Å². The first kappa shape index (κ1) is 18.9. The number of nitrogens with zero attached hydrogens (tertiary/aromatic N) is 1. The van der Waals surface area contributed by atoms with E-state index in [2.05, 4.69) is 10.3 Å². The topological polar surface area (TPSA) is 82.3 Å². The Morgan fingerprint density at radius 1 is 1.11 bits per heavy atom. The van der Waals surface area contributed by atoms with Crippen molar-refractivity contribution in [2.45, 2.75) is 46.7 Å². The second kappa shape index (κ2) is 7.39. The Kier molecular flexibility index (Phi) is 5.17. The Morgan fingerprint density at radius 2 is 1.70 bits per heavy atom. The van der Waals surface area contributed by atoms with Crippen molar-refractivity contribution in [2.24, 2.45) is 5.92 Å². The summed E-state index contributed by atoms with van der Waals surface area (Å²) < 4.78 is 0. The molecule has 2 heterocycles. The molecule has 0 radical (unpaired) electrons. The first-order valence-electron chi connectivity index (χ1n) is 9.19. The lowest BCUT2D eigenvalue weighted by Gasteiger charge is -2.26. The highest BCUT2D eigenvalue weighted by Crippen LogP contribution is 2.27. The number of carbonyl (C=O) groups is 3. The van der Waals surface area contributed by atoms with Gasteiger partial charge in [0.1, 0.15) is 6.04 Å². The molecular weight excluding hydrogens is 342 g/mol. The second-order valence-electron chi connectivity index (χ2n) is 7.49. The molecule has 1 unspecified atom stereocenters. The Balaban J connectivity index is 1.82. The van der Waals surface area contributed by atoms with Gasteiger partial charge < -0.3 is 10.3 Å². The molecule has 1 aliphatic rings. The number of rotatable bonds is 6. The lowest BCUT2D eigenvalue weighted by Crippen LogP contribution is -2.50. The van der Waals surface area contributed by atoms with Gasteiger partial charge in [-0.3, -0.25) is 19.3 Å². The molecule has 0 spiro atoms. The summed E-state index contributed by atoms with van der Waals surface area (Å²) in [7, 11) is 0. The number of carbonyl (C=O) groups excluding carboxylic acids is 3. The number of aromatic amines is 1. The van der Waals surface area contributed by atoms with Crippen LogP contribution in [0.2, 0.25) is 0 Å². The van der Waals surface area contributed by atoms with Gasteiger partial charge in [-0.15, -0.1) is 0 Å². The summed E-state index contributed by atoms with van der Waals surface area (Å²) in [5.74, 6) is -0.951. The number of aryl methyl sites for hydroxylation is 2. The van der Waals surface area contributed by atoms with Gasteiger partial charge in [-0.05, 0) is 49.9 Å². The molecule has 2 N–H and O–H groups in total. The van der Waals surface area contributed by atoms with Crippen molar-refractivity contribution in [3.8, 4) is 0 Å². The minimum atomic E-state index is -0.822. The van der Waals surface area contributed by atoms with Crippen molar-refractivity contribution >= 4 is 17.7 Å². The number of aromatic nitrogens is 1. The predicted octanol–water partition coefficient (Wildman–Crippen LogP) is 2.96. The largest absolute Gasteiger partial charge is 0.362 e. The SMILES string of the molecule is Cc1cc(CNC(=O)C(CC(C)C)N2C(=O)c3ccccc3C2=O)c(C)[nH]1. The molecule has 0 aliphatic carbocycles. The van der Waals surface area contributed by atoms with Crippen LogP contribution in [0.15, 0.2) is 30.3 Å². The van der Waals surface area contributed by atoms with E-state index in [0.717, 1.165) is 21.9 Å².